The first-order valence-corrected chi connectivity index (χ1v) is 16.0. The fraction of sp³-hybridized carbons (Fsp3) is 0.407. The lowest BCUT2D eigenvalue weighted by molar-refractivity contribution is -0.147. The van der Waals surface area contributed by atoms with Crippen LogP contribution >= 0.6 is 0 Å². The number of rotatable bonds is 12. The van der Waals surface area contributed by atoms with E-state index in [1.807, 2.05) is 0 Å². The van der Waals surface area contributed by atoms with Gasteiger partial charge in [-0.25, -0.2) is 25.9 Å². The highest BCUT2D eigenvalue weighted by molar-refractivity contribution is 7.90. The van der Waals surface area contributed by atoms with Gasteiger partial charge >= 0.3 is 5.97 Å². The molecular formula is C27H34N4O9S2. The van der Waals surface area contributed by atoms with Gasteiger partial charge in [-0.15, -0.1) is 0 Å². The summed E-state index contributed by atoms with van der Waals surface area (Å²) in [5.74, 6) is -4.52. The van der Waals surface area contributed by atoms with E-state index in [9.17, 15) is 41.1 Å². The second kappa shape index (κ2) is 13.5. The number of nitrogens with zero attached hydrogens (tertiary/aromatic N) is 2. The van der Waals surface area contributed by atoms with Crippen LogP contribution in [0.4, 0.5) is 0 Å². The first-order chi connectivity index (χ1) is 19.7. The molecule has 1 aliphatic rings. The fourth-order valence-corrected chi connectivity index (χ4v) is 7.81. The molecule has 2 aromatic rings. The number of aryl methyl sites for hydroxylation is 2. The van der Waals surface area contributed by atoms with Gasteiger partial charge in [0.2, 0.25) is 21.8 Å². The SMILES string of the molecule is CNCC(=O)NC(=O)CC[C@@H](C(=O)O)N(C(=O)[C@@H]1CCCN1S(=O)(=O)c1ccc(C)cc1)S(=O)(=O)c1ccc(C)cc1. The van der Waals surface area contributed by atoms with Gasteiger partial charge in [-0.2, -0.15) is 4.31 Å². The Morgan fingerprint density at radius 3 is 2.00 bits per heavy atom. The Morgan fingerprint density at radius 1 is 0.929 bits per heavy atom. The molecule has 0 aromatic heterocycles. The third-order valence-corrected chi connectivity index (χ3v) is 10.5. The molecular weight excluding hydrogens is 588 g/mol. The minimum Gasteiger partial charge on any atom is -0.480 e. The quantitative estimate of drug-likeness (QED) is 0.305. The maximum absolute atomic E-state index is 14.0. The number of nitrogens with one attached hydrogen (secondary N) is 2. The van der Waals surface area contributed by atoms with Crippen LogP contribution in [0.1, 0.15) is 36.8 Å². The van der Waals surface area contributed by atoms with Gasteiger partial charge in [0.1, 0.15) is 12.1 Å². The summed E-state index contributed by atoms with van der Waals surface area (Å²) in [5.41, 5.74) is 1.51. The van der Waals surface area contributed by atoms with Gasteiger partial charge in [0.05, 0.1) is 16.3 Å². The van der Waals surface area contributed by atoms with Crippen molar-refractivity contribution in [2.24, 2.45) is 0 Å². The molecule has 0 spiro atoms. The smallest absolute Gasteiger partial charge is 0.327 e. The number of aliphatic carboxylic acids is 1. The summed E-state index contributed by atoms with van der Waals surface area (Å²) in [5, 5.41) is 14.7. The van der Waals surface area contributed by atoms with Crippen LogP contribution in [0.15, 0.2) is 58.3 Å². The molecule has 0 unspecified atom stereocenters. The maximum Gasteiger partial charge on any atom is 0.327 e. The molecule has 0 radical (unpaired) electrons. The van der Waals surface area contributed by atoms with Crippen molar-refractivity contribution in [3.63, 3.8) is 0 Å². The van der Waals surface area contributed by atoms with E-state index in [0.29, 0.717) is 5.56 Å². The van der Waals surface area contributed by atoms with Crippen LogP contribution in [0, 0.1) is 13.8 Å². The molecule has 1 fully saturated rings. The number of benzene rings is 2. The van der Waals surface area contributed by atoms with Crippen molar-refractivity contribution in [3.8, 4) is 0 Å². The molecule has 2 aromatic carbocycles. The molecule has 0 saturated carbocycles. The molecule has 0 bridgehead atoms. The van der Waals surface area contributed by atoms with Crippen molar-refractivity contribution in [2.75, 3.05) is 20.1 Å². The number of likely N-dealkylation sites (N-methyl/N-ethyl adjacent to an activating group) is 1. The van der Waals surface area contributed by atoms with Gasteiger partial charge in [0, 0.05) is 13.0 Å². The molecule has 0 aliphatic carbocycles. The normalized spacial score (nSPS) is 16.5. The number of carbonyl (C=O) groups excluding carboxylic acids is 3. The van der Waals surface area contributed by atoms with E-state index in [-0.39, 0.29) is 40.0 Å². The lowest BCUT2D eigenvalue weighted by Gasteiger charge is -2.33. The number of carboxylic acids is 1. The molecule has 15 heteroatoms. The largest absolute Gasteiger partial charge is 0.480 e. The molecule has 1 saturated heterocycles. The second-order valence-corrected chi connectivity index (χ2v) is 13.6. The van der Waals surface area contributed by atoms with Gasteiger partial charge in [-0.3, -0.25) is 19.7 Å². The number of amides is 3. The minimum atomic E-state index is -4.84. The Balaban J connectivity index is 2.04. The monoisotopic (exact) mass is 622 g/mol. The first kappa shape index (κ1) is 32.8. The number of carbonyl (C=O) groups is 4. The van der Waals surface area contributed by atoms with Gasteiger partial charge in [0.15, 0.2) is 0 Å². The predicted molar refractivity (Wildman–Crippen MR) is 151 cm³/mol. The zero-order chi connectivity index (χ0) is 31.2. The van der Waals surface area contributed by atoms with Crippen molar-refractivity contribution in [2.45, 2.75) is 61.4 Å². The summed E-state index contributed by atoms with van der Waals surface area (Å²) in [6, 6.07) is 7.69. The molecule has 1 heterocycles. The molecule has 3 rings (SSSR count). The van der Waals surface area contributed by atoms with Crippen molar-refractivity contribution >= 4 is 43.7 Å². The second-order valence-electron chi connectivity index (χ2n) is 9.93. The average Bonchev–Trinajstić information content (AvgIpc) is 3.42. The summed E-state index contributed by atoms with van der Waals surface area (Å²) in [7, 11) is -7.62. The van der Waals surface area contributed by atoms with Crippen LogP contribution in [0.2, 0.25) is 0 Å². The van der Waals surface area contributed by atoms with Crippen molar-refractivity contribution in [1.29, 1.82) is 0 Å². The molecule has 1 aliphatic heterocycles. The summed E-state index contributed by atoms with van der Waals surface area (Å²) in [4.78, 5) is 50.1. The standard InChI is InChI=1S/C27H34N4O9S2/c1-18-6-10-20(11-7-18)41(37,38)30-16-4-5-22(30)26(34)31(42(39,40)21-12-8-19(2)9-13-21)23(27(35)36)14-15-24(32)29-25(33)17-28-3/h6-13,22-23,28H,4-5,14-17H2,1-3H3,(H,35,36)(H,29,32,33)/t22-,23-/m0/s1. The first-order valence-electron chi connectivity index (χ1n) is 13.1. The van der Waals surface area contributed by atoms with E-state index < -0.39 is 68.7 Å². The number of sulfonamides is 2. The summed E-state index contributed by atoms with van der Waals surface area (Å²) < 4.78 is 55.8. The summed E-state index contributed by atoms with van der Waals surface area (Å²) >= 11 is 0. The number of carboxylic acid groups (broad SMARTS) is 1. The van der Waals surface area contributed by atoms with Crippen LogP contribution in [-0.4, -0.2) is 86.5 Å². The van der Waals surface area contributed by atoms with Crippen LogP contribution in [-0.2, 0) is 39.2 Å². The molecule has 13 nitrogen and oxygen atoms in total. The number of hydrogen-bond acceptors (Lipinski definition) is 9. The van der Waals surface area contributed by atoms with Crippen molar-refractivity contribution < 1.29 is 41.1 Å². The van der Waals surface area contributed by atoms with Crippen LogP contribution < -0.4 is 10.6 Å². The van der Waals surface area contributed by atoms with E-state index in [2.05, 4.69) is 10.6 Å². The van der Waals surface area contributed by atoms with Crippen LogP contribution in [0.5, 0.6) is 0 Å². The highest BCUT2D eigenvalue weighted by atomic mass is 32.2. The van der Waals surface area contributed by atoms with E-state index in [0.717, 1.165) is 9.87 Å². The van der Waals surface area contributed by atoms with Crippen molar-refractivity contribution in [3.05, 3.63) is 59.7 Å². The lowest BCUT2D eigenvalue weighted by Crippen LogP contribution is -2.55. The van der Waals surface area contributed by atoms with E-state index in [4.69, 9.17) is 0 Å². The maximum atomic E-state index is 14.0. The zero-order valence-electron chi connectivity index (χ0n) is 23.4. The minimum absolute atomic E-state index is 0.0464. The third-order valence-electron chi connectivity index (χ3n) is 6.74. The van der Waals surface area contributed by atoms with Crippen LogP contribution in [0.25, 0.3) is 0 Å². The average molecular weight is 623 g/mol. The van der Waals surface area contributed by atoms with Crippen LogP contribution in [0.3, 0.4) is 0 Å². The Bertz CT molecular complexity index is 1540. The van der Waals surface area contributed by atoms with Gasteiger partial charge in [-0.1, -0.05) is 35.4 Å². The van der Waals surface area contributed by atoms with Gasteiger partial charge in [0.25, 0.3) is 15.9 Å². The molecule has 228 valence electrons. The van der Waals surface area contributed by atoms with Gasteiger partial charge < -0.3 is 10.4 Å². The summed E-state index contributed by atoms with van der Waals surface area (Å²) in [6.07, 6.45) is -1.08. The predicted octanol–water partition coefficient (Wildman–Crippen LogP) is 0.770. The topological polar surface area (TPSA) is 187 Å². The Kier molecular flexibility index (Phi) is 10.6. The van der Waals surface area contributed by atoms with E-state index >= 15 is 0 Å². The fourth-order valence-electron chi connectivity index (χ4n) is 4.56. The van der Waals surface area contributed by atoms with Gasteiger partial charge in [-0.05, 0) is 64.4 Å². The van der Waals surface area contributed by atoms with E-state index in [1.54, 1.807) is 26.0 Å². The Hall–Kier alpha value is -3.66. The lowest BCUT2D eigenvalue weighted by atomic mass is 10.1. The van der Waals surface area contributed by atoms with E-state index in [1.165, 1.54) is 43.4 Å². The molecule has 3 N–H and O–H groups in total. The van der Waals surface area contributed by atoms with Crippen molar-refractivity contribution in [1.82, 2.24) is 19.2 Å². The third kappa shape index (κ3) is 7.40. The number of imide groups is 1. The molecule has 2 atom stereocenters. The Morgan fingerprint density at radius 2 is 1.48 bits per heavy atom. The Labute approximate surface area is 245 Å². The molecule has 3 amide bonds. The zero-order valence-corrected chi connectivity index (χ0v) is 25.1. The highest BCUT2D eigenvalue weighted by Gasteiger charge is 2.48. The summed E-state index contributed by atoms with van der Waals surface area (Å²) in [6.45, 7) is 3.21. The highest BCUT2D eigenvalue weighted by Crippen LogP contribution is 2.31. The molecule has 42 heavy (non-hydrogen) atoms. The number of hydrogen-bond donors (Lipinski definition) is 3.